The molecular weight excluding hydrogens is 168 g/mol. The average Bonchev–Trinajstić information content (AvgIpc) is 2.03. The predicted octanol–water partition coefficient (Wildman–Crippen LogP) is 1.03. The van der Waals surface area contributed by atoms with E-state index in [4.69, 9.17) is 4.74 Å². The van der Waals surface area contributed by atoms with Crippen LogP contribution < -0.4 is 9.92 Å². The van der Waals surface area contributed by atoms with Crippen molar-refractivity contribution >= 4 is 13.3 Å². The number of hydrogen-bond acceptors (Lipinski definition) is 3. The van der Waals surface area contributed by atoms with Crippen molar-refractivity contribution in [2.45, 2.75) is 19.6 Å². The highest BCUT2D eigenvalue weighted by Gasteiger charge is 2.21. The van der Waals surface area contributed by atoms with Crippen LogP contribution >= 0.6 is 0 Å². The van der Waals surface area contributed by atoms with E-state index in [0.717, 1.165) is 5.88 Å². The van der Waals surface area contributed by atoms with E-state index in [1.54, 1.807) is 7.11 Å². The zero-order valence-electron chi connectivity index (χ0n) is 7.96. The standard InChI is InChI=1S/C8H14N2OSi/c1-11-8-7(12(2,3)4)5-9-6-10-8/h5-6H,1-4H3. The fourth-order valence-electron chi connectivity index (χ4n) is 0.996. The summed E-state index contributed by atoms with van der Waals surface area (Å²) in [5.74, 6) is 0.726. The fraction of sp³-hybridized carbons (Fsp3) is 0.500. The lowest BCUT2D eigenvalue weighted by Gasteiger charge is -2.17. The Balaban J connectivity index is 3.14. The largest absolute Gasteiger partial charge is 0.481 e. The summed E-state index contributed by atoms with van der Waals surface area (Å²) in [4.78, 5) is 8.07. The number of hydrogen-bond donors (Lipinski definition) is 0. The van der Waals surface area contributed by atoms with E-state index in [0.29, 0.717) is 0 Å². The molecule has 4 heteroatoms. The van der Waals surface area contributed by atoms with E-state index in [1.165, 1.54) is 11.5 Å². The van der Waals surface area contributed by atoms with Crippen LogP contribution in [-0.4, -0.2) is 25.2 Å². The Bertz CT molecular complexity index is 270. The highest BCUT2D eigenvalue weighted by atomic mass is 28.3. The van der Waals surface area contributed by atoms with Crippen molar-refractivity contribution in [3.63, 3.8) is 0 Å². The van der Waals surface area contributed by atoms with Gasteiger partial charge in [0.15, 0.2) is 0 Å². The summed E-state index contributed by atoms with van der Waals surface area (Å²) in [6.07, 6.45) is 3.38. The first-order valence-electron chi connectivity index (χ1n) is 3.90. The van der Waals surface area contributed by atoms with Crippen LogP contribution in [0.2, 0.25) is 19.6 Å². The summed E-state index contributed by atoms with van der Waals surface area (Å²) < 4.78 is 5.16. The molecule has 0 radical (unpaired) electrons. The van der Waals surface area contributed by atoms with E-state index in [-0.39, 0.29) is 0 Å². The molecule has 0 amide bonds. The molecule has 0 aliphatic rings. The Labute approximate surface area is 73.8 Å². The van der Waals surface area contributed by atoms with Crippen molar-refractivity contribution in [1.82, 2.24) is 9.97 Å². The van der Waals surface area contributed by atoms with Gasteiger partial charge in [-0.05, 0) is 0 Å². The summed E-state index contributed by atoms with van der Waals surface area (Å²) in [6, 6.07) is 0. The average molecular weight is 182 g/mol. The summed E-state index contributed by atoms with van der Waals surface area (Å²) >= 11 is 0. The highest BCUT2D eigenvalue weighted by Crippen LogP contribution is 2.08. The molecule has 12 heavy (non-hydrogen) atoms. The maximum atomic E-state index is 5.16. The highest BCUT2D eigenvalue weighted by molar-refractivity contribution is 6.89. The third-order valence-electron chi connectivity index (χ3n) is 1.68. The van der Waals surface area contributed by atoms with Gasteiger partial charge in [-0.25, -0.2) is 9.97 Å². The predicted molar refractivity (Wildman–Crippen MR) is 51.6 cm³/mol. The van der Waals surface area contributed by atoms with Crippen LogP contribution in [0, 0.1) is 0 Å². The minimum Gasteiger partial charge on any atom is -0.481 e. The van der Waals surface area contributed by atoms with E-state index in [9.17, 15) is 0 Å². The number of aromatic nitrogens is 2. The molecule has 1 heterocycles. The normalized spacial score (nSPS) is 11.3. The number of rotatable bonds is 2. The van der Waals surface area contributed by atoms with Gasteiger partial charge < -0.3 is 4.74 Å². The third kappa shape index (κ3) is 1.82. The van der Waals surface area contributed by atoms with Crippen molar-refractivity contribution in [2.75, 3.05) is 7.11 Å². The van der Waals surface area contributed by atoms with Crippen molar-refractivity contribution in [3.8, 4) is 5.88 Å². The molecule has 1 aromatic heterocycles. The summed E-state index contributed by atoms with van der Waals surface area (Å²) in [5.41, 5.74) is 0. The smallest absolute Gasteiger partial charge is 0.215 e. The van der Waals surface area contributed by atoms with Crippen molar-refractivity contribution in [1.29, 1.82) is 0 Å². The first kappa shape index (κ1) is 9.19. The Hall–Kier alpha value is -0.903. The quantitative estimate of drug-likeness (QED) is 0.641. The second-order valence-electron chi connectivity index (χ2n) is 3.70. The SMILES string of the molecule is COc1ncncc1[Si](C)(C)C. The molecule has 0 saturated heterocycles. The first-order chi connectivity index (χ1) is 5.55. The molecular formula is C8H14N2OSi. The molecule has 0 unspecified atom stereocenters. The molecule has 0 fully saturated rings. The Morgan fingerprint density at radius 3 is 2.42 bits per heavy atom. The molecule has 0 aliphatic carbocycles. The molecule has 0 spiro atoms. The van der Waals surface area contributed by atoms with Gasteiger partial charge in [0.2, 0.25) is 5.88 Å². The van der Waals surface area contributed by atoms with Gasteiger partial charge in [-0.2, -0.15) is 0 Å². The lowest BCUT2D eigenvalue weighted by Crippen LogP contribution is -2.39. The van der Waals surface area contributed by atoms with Crippen LogP contribution in [0.25, 0.3) is 0 Å². The van der Waals surface area contributed by atoms with E-state index in [1.807, 2.05) is 6.20 Å². The van der Waals surface area contributed by atoms with E-state index in [2.05, 4.69) is 29.6 Å². The lowest BCUT2D eigenvalue weighted by molar-refractivity contribution is 0.400. The summed E-state index contributed by atoms with van der Waals surface area (Å²) in [6.45, 7) is 6.73. The first-order valence-corrected chi connectivity index (χ1v) is 7.40. The van der Waals surface area contributed by atoms with Gasteiger partial charge >= 0.3 is 0 Å². The van der Waals surface area contributed by atoms with Gasteiger partial charge in [0.25, 0.3) is 0 Å². The summed E-state index contributed by atoms with van der Waals surface area (Å²) in [5, 5.41) is 1.17. The van der Waals surface area contributed by atoms with Crippen LogP contribution in [-0.2, 0) is 0 Å². The maximum Gasteiger partial charge on any atom is 0.215 e. The van der Waals surface area contributed by atoms with Gasteiger partial charge in [-0.15, -0.1) is 0 Å². The summed E-state index contributed by atoms with van der Waals surface area (Å²) in [7, 11) is 0.296. The molecule has 0 atom stereocenters. The van der Waals surface area contributed by atoms with Crippen LogP contribution in [0.5, 0.6) is 5.88 Å². The number of nitrogens with zero attached hydrogens (tertiary/aromatic N) is 2. The van der Waals surface area contributed by atoms with Crippen LogP contribution in [0.3, 0.4) is 0 Å². The van der Waals surface area contributed by atoms with Crippen LogP contribution in [0.15, 0.2) is 12.5 Å². The Morgan fingerprint density at radius 2 is 2.00 bits per heavy atom. The zero-order chi connectivity index (χ0) is 9.19. The van der Waals surface area contributed by atoms with Gasteiger partial charge in [0.1, 0.15) is 6.33 Å². The molecule has 0 aromatic carbocycles. The van der Waals surface area contributed by atoms with Crippen LogP contribution in [0.1, 0.15) is 0 Å². The third-order valence-corrected chi connectivity index (χ3v) is 3.64. The monoisotopic (exact) mass is 182 g/mol. The molecule has 1 aromatic rings. The molecule has 0 aliphatic heterocycles. The number of methoxy groups -OCH3 is 1. The second-order valence-corrected chi connectivity index (χ2v) is 8.73. The lowest BCUT2D eigenvalue weighted by atomic mass is 10.6. The van der Waals surface area contributed by atoms with Gasteiger partial charge in [-0.1, -0.05) is 19.6 Å². The maximum absolute atomic E-state index is 5.16. The Morgan fingerprint density at radius 1 is 1.33 bits per heavy atom. The zero-order valence-corrected chi connectivity index (χ0v) is 8.96. The minimum absolute atomic E-state index is 0.726. The van der Waals surface area contributed by atoms with Crippen molar-refractivity contribution < 1.29 is 4.74 Å². The molecule has 66 valence electrons. The van der Waals surface area contributed by atoms with E-state index < -0.39 is 8.07 Å². The van der Waals surface area contributed by atoms with Crippen molar-refractivity contribution in [2.24, 2.45) is 0 Å². The molecule has 0 saturated carbocycles. The fourth-order valence-corrected chi connectivity index (χ4v) is 2.27. The number of ether oxygens (including phenoxy) is 1. The molecule has 0 bridgehead atoms. The van der Waals surface area contributed by atoms with E-state index >= 15 is 0 Å². The molecule has 1 rings (SSSR count). The second kappa shape index (κ2) is 3.22. The Kier molecular flexibility index (Phi) is 2.47. The molecule has 3 nitrogen and oxygen atoms in total. The van der Waals surface area contributed by atoms with Gasteiger partial charge in [0, 0.05) is 11.4 Å². The van der Waals surface area contributed by atoms with Gasteiger partial charge in [0.05, 0.1) is 15.2 Å². The van der Waals surface area contributed by atoms with Crippen molar-refractivity contribution in [3.05, 3.63) is 12.5 Å². The minimum atomic E-state index is -1.35. The molecule has 0 N–H and O–H groups in total. The van der Waals surface area contributed by atoms with Crippen LogP contribution in [0.4, 0.5) is 0 Å². The topological polar surface area (TPSA) is 35.0 Å². The van der Waals surface area contributed by atoms with Gasteiger partial charge in [-0.3, -0.25) is 0 Å².